The van der Waals surface area contributed by atoms with Crippen LogP contribution in [0.3, 0.4) is 0 Å². The molecule has 15 heavy (non-hydrogen) atoms. The van der Waals surface area contributed by atoms with Crippen LogP contribution in [0.5, 0.6) is 0 Å². The molecule has 0 saturated heterocycles. The maximum atomic E-state index is 11.6. The van der Waals surface area contributed by atoms with Crippen molar-refractivity contribution in [2.24, 2.45) is 5.73 Å². The van der Waals surface area contributed by atoms with E-state index in [4.69, 9.17) is 5.73 Å². The fraction of sp³-hybridized carbons (Fsp3) is 0.909. The molecular weight excluding hydrogens is 192 g/mol. The number of aliphatic hydroxyl groups is 1. The second-order valence-corrected chi connectivity index (χ2v) is 5.07. The van der Waals surface area contributed by atoms with Gasteiger partial charge in [0.2, 0.25) is 5.91 Å². The molecule has 0 aliphatic heterocycles. The molecule has 0 aliphatic rings. The number of rotatable bonds is 5. The Morgan fingerprint density at radius 1 is 1.40 bits per heavy atom. The zero-order valence-electron chi connectivity index (χ0n) is 10.4. The number of carbonyl (C=O) groups is 1. The normalized spacial score (nSPS) is 14.9. The van der Waals surface area contributed by atoms with Crippen molar-refractivity contribution in [2.45, 2.75) is 64.6 Å². The van der Waals surface area contributed by atoms with E-state index in [0.717, 1.165) is 6.42 Å². The molecule has 4 N–H and O–H groups in total. The van der Waals surface area contributed by atoms with Crippen molar-refractivity contribution in [1.82, 2.24) is 5.32 Å². The fourth-order valence-corrected chi connectivity index (χ4v) is 0.996. The zero-order chi connectivity index (χ0) is 12.3. The summed E-state index contributed by atoms with van der Waals surface area (Å²) in [5.74, 6) is -0.205. The Morgan fingerprint density at radius 2 is 1.87 bits per heavy atom. The van der Waals surface area contributed by atoms with Crippen molar-refractivity contribution in [2.75, 3.05) is 0 Å². The van der Waals surface area contributed by atoms with E-state index in [-0.39, 0.29) is 5.91 Å². The molecule has 0 rings (SSSR count). The first-order valence-electron chi connectivity index (χ1n) is 5.42. The summed E-state index contributed by atoms with van der Waals surface area (Å²) in [5, 5.41) is 12.6. The minimum Gasteiger partial charge on any atom is -0.388 e. The third-order valence-electron chi connectivity index (χ3n) is 2.90. The second-order valence-electron chi connectivity index (χ2n) is 5.07. The maximum absolute atomic E-state index is 11.6. The lowest BCUT2D eigenvalue weighted by molar-refractivity contribution is -0.127. The molecule has 0 heterocycles. The molecule has 0 radical (unpaired) electrons. The van der Waals surface area contributed by atoms with Crippen LogP contribution in [0.2, 0.25) is 0 Å². The van der Waals surface area contributed by atoms with Gasteiger partial charge in [0.1, 0.15) is 0 Å². The monoisotopic (exact) mass is 216 g/mol. The molecule has 0 bridgehead atoms. The first-order chi connectivity index (χ1) is 6.62. The minimum atomic E-state index is -0.978. The van der Waals surface area contributed by atoms with Gasteiger partial charge in [-0.25, -0.2) is 0 Å². The maximum Gasteiger partial charge on any atom is 0.237 e. The average Bonchev–Trinajstić information content (AvgIpc) is 2.01. The molecule has 90 valence electrons. The average molecular weight is 216 g/mol. The van der Waals surface area contributed by atoms with Crippen LogP contribution in [0.4, 0.5) is 0 Å². The smallest absolute Gasteiger partial charge is 0.237 e. The van der Waals surface area contributed by atoms with Crippen molar-refractivity contribution in [3.63, 3.8) is 0 Å². The van der Waals surface area contributed by atoms with Crippen LogP contribution < -0.4 is 11.1 Å². The molecule has 0 spiro atoms. The van der Waals surface area contributed by atoms with Gasteiger partial charge in [-0.05, 0) is 34.1 Å². The van der Waals surface area contributed by atoms with E-state index >= 15 is 0 Å². The van der Waals surface area contributed by atoms with Crippen LogP contribution in [0.1, 0.15) is 47.5 Å². The SMILES string of the molecule is CCC[C@@H](N)C(=O)NC(C)(C)C(C)(C)O. The summed E-state index contributed by atoms with van der Waals surface area (Å²) in [6.45, 7) is 8.87. The lowest BCUT2D eigenvalue weighted by Crippen LogP contribution is -2.60. The molecule has 0 fully saturated rings. The summed E-state index contributed by atoms with van der Waals surface area (Å²) in [4.78, 5) is 11.6. The lowest BCUT2D eigenvalue weighted by atomic mass is 9.85. The van der Waals surface area contributed by atoms with E-state index < -0.39 is 17.2 Å². The van der Waals surface area contributed by atoms with Crippen LogP contribution in [0.15, 0.2) is 0 Å². The molecule has 0 aromatic heterocycles. The summed E-state index contributed by atoms with van der Waals surface area (Å²) in [6.07, 6.45) is 1.53. The largest absolute Gasteiger partial charge is 0.388 e. The first kappa shape index (κ1) is 14.4. The van der Waals surface area contributed by atoms with Gasteiger partial charge in [0.15, 0.2) is 0 Å². The summed E-state index contributed by atoms with van der Waals surface area (Å²) in [7, 11) is 0. The quantitative estimate of drug-likeness (QED) is 0.635. The highest BCUT2D eigenvalue weighted by Gasteiger charge is 2.37. The number of nitrogens with one attached hydrogen (secondary N) is 1. The molecule has 0 saturated carbocycles. The Morgan fingerprint density at radius 3 is 2.20 bits per heavy atom. The zero-order valence-corrected chi connectivity index (χ0v) is 10.4. The molecule has 0 unspecified atom stereocenters. The van der Waals surface area contributed by atoms with E-state index in [0.29, 0.717) is 6.42 Å². The summed E-state index contributed by atoms with van der Waals surface area (Å²) in [6, 6.07) is -0.489. The van der Waals surface area contributed by atoms with Crippen LogP contribution in [0.25, 0.3) is 0 Å². The van der Waals surface area contributed by atoms with Gasteiger partial charge in [-0.2, -0.15) is 0 Å². The summed E-state index contributed by atoms with van der Waals surface area (Å²) < 4.78 is 0. The van der Waals surface area contributed by atoms with Crippen LogP contribution in [-0.4, -0.2) is 28.2 Å². The van der Waals surface area contributed by atoms with Crippen molar-refractivity contribution >= 4 is 5.91 Å². The fourth-order valence-electron chi connectivity index (χ4n) is 0.996. The Hall–Kier alpha value is -0.610. The van der Waals surface area contributed by atoms with Gasteiger partial charge < -0.3 is 16.2 Å². The number of carbonyl (C=O) groups excluding carboxylic acids is 1. The molecular formula is C11H24N2O2. The predicted octanol–water partition coefficient (Wildman–Crippen LogP) is 0.779. The molecule has 0 aromatic carbocycles. The second kappa shape index (κ2) is 4.94. The number of nitrogens with two attached hydrogens (primary N) is 1. The minimum absolute atomic E-state index is 0.205. The molecule has 0 aliphatic carbocycles. The van der Waals surface area contributed by atoms with Crippen LogP contribution in [0, 0.1) is 0 Å². The van der Waals surface area contributed by atoms with Gasteiger partial charge >= 0.3 is 0 Å². The van der Waals surface area contributed by atoms with Crippen LogP contribution >= 0.6 is 0 Å². The van der Waals surface area contributed by atoms with E-state index in [1.54, 1.807) is 27.7 Å². The number of hydrogen-bond donors (Lipinski definition) is 3. The summed E-state index contributed by atoms with van der Waals surface area (Å²) >= 11 is 0. The third-order valence-corrected chi connectivity index (χ3v) is 2.90. The van der Waals surface area contributed by atoms with Crippen molar-refractivity contribution < 1.29 is 9.90 Å². The Bertz CT molecular complexity index is 219. The van der Waals surface area contributed by atoms with Crippen molar-refractivity contribution in [3.8, 4) is 0 Å². The third kappa shape index (κ3) is 4.18. The standard InChI is InChI=1S/C11H24N2O2/c1-6-7-8(12)9(14)13-10(2,3)11(4,5)15/h8,15H,6-7,12H2,1-5H3,(H,13,14)/t8-/m1/s1. The van der Waals surface area contributed by atoms with Gasteiger partial charge in [0, 0.05) is 0 Å². The highest BCUT2D eigenvalue weighted by molar-refractivity contribution is 5.82. The topological polar surface area (TPSA) is 75.4 Å². The van der Waals surface area contributed by atoms with Gasteiger partial charge in [0.05, 0.1) is 17.2 Å². The Labute approximate surface area is 92.2 Å². The number of hydrogen-bond acceptors (Lipinski definition) is 3. The van der Waals surface area contributed by atoms with Crippen LogP contribution in [-0.2, 0) is 4.79 Å². The highest BCUT2D eigenvalue weighted by Crippen LogP contribution is 2.20. The first-order valence-corrected chi connectivity index (χ1v) is 5.42. The molecule has 0 aromatic rings. The highest BCUT2D eigenvalue weighted by atomic mass is 16.3. The predicted molar refractivity (Wildman–Crippen MR) is 61.4 cm³/mol. The van der Waals surface area contributed by atoms with E-state index in [1.807, 2.05) is 6.92 Å². The number of amides is 1. The molecule has 4 heteroatoms. The van der Waals surface area contributed by atoms with Crippen molar-refractivity contribution in [3.05, 3.63) is 0 Å². The molecule has 1 amide bonds. The van der Waals surface area contributed by atoms with Gasteiger partial charge in [-0.15, -0.1) is 0 Å². The van der Waals surface area contributed by atoms with Gasteiger partial charge in [-0.1, -0.05) is 13.3 Å². The molecule has 1 atom stereocenters. The Kier molecular flexibility index (Phi) is 4.74. The van der Waals surface area contributed by atoms with Crippen molar-refractivity contribution in [1.29, 1.82) is 0 Å². The lowest BCUT2D eigenvalue weighted by Gasteiger charge is -2.38. The van der Waals surface area contributed by atoms with Gasteiger partial charge in [-0.3, -0.25) is 4.79 Å². The summed E-state index contributed by atoms with van der Waals surface area (Å²) in [5.41, 5.74) is 4.02. The Balaban J connectivity index is 4.41. The van der Waals surface area contributed by atoms with E-state index in [1.165, 1.54) is 0 Å². The van der Waals surface area contributed by atoms with E-state index in [9.17, 15) is 9.90 Å². The van der Waals surface area contributed by atoms with Gasteiger partial charge in [0.25, 0.3) is 0 Å². The molecule has 4 nitrogen and oxygen atoms in total. The van der Waals surface area contributed by atoms with E-state index in [2.05, 4.69) is 5.32 Å².